The Kier molecular flexibility index (Phi) is 30.2. The van der Waals surface area contributed by atoms with Crippen LogP contribution in [0.25, 0.3) is 0 Å². The van der Waals surface area contributed by atoms with Crippen LogP contribution in [0, 0.1) is 12.8 Å². The molecule has 0 radical (unpaired) electrons. The van der Waals surface area contributed by atoms with Crippen molar-refractivity contribution in [1.29, 1.82) is 0 Å². The molecule has 0 bridgehead atoms. The fourth-order valence-electron chi connectivity index (χ4n) is 6.48. The van der Waals surface area contributed by atoms with Gasteiger partial charge >= 0.3 is 12.0 Å². The summed E-state index contributed by atoms with van der Waals surface area (Å²) < 4.78 is 33.1. The van der Waals surface area contributed by atoms with Gasteiger partial charge in [-0.05, 0) is 97.0 Å². The van der Waals surface area contributed by atoms with E-state index in [1.807, 2.05) is 94.9 Å². The van der Waals surface area contributed by atoms with Crippen LogP contribution in [0.4, 0.5) is 13.2 Å². The molecule has 1 aliphatic carbocycles. The number of alkyl halides is 3. The number of amides is 1. The van der Waals surface area contributed by atoms with Crippen LogP contribution in [0.2, 0.25) is 0 Å². The zero-order valence-electron chi connectivity index (χ0n) is 35.9. The second-order valence-electron chi connectivity index (χ2n) is 13.5. The average molecular weight is 790 g/mol. The van der Waals surface area contributed by atoms with Gasteiger partial charge in [0, 0.05) is 51.6 Å². The van der Waals surface area contributed by atoms with Crippen LogP contribution in [0.15, 0.2) is 69.9 Å². The van der Waals surface area contributed by atoms with E-state index >= 15 is 0 Å². The molecule has 9 nitrogen and oxygen atoms in total. The second kappa shape index (κ2) is 31.2. The highest BCUT2D eigenvalue weighted by atomic mass is 19.4. The van der Waals surface area contributed by atoms with E-state index in [1.54, 1.807) is 7.05 Å². The summed E-state index contributed by atoms with van der Waals surface area (Å²) in [6.45, 7) is 15.1. The normalized spacial score (nSPS) is 23.9. The Balaban J connectivity index is 0. The van der Waals surface area contributed by atoms with Crippen LogP contribution in [0.5, 0.6) is 0 Å². The first kappa shape index (κ1) is 54.2. The Hall–Kier alpha value is -3.92. The van der Waals surface area contributed by atoms with E-state index in [9.17, 15) is 27.9 Å². The number of fused-ring (bicyclic) bond motifs is 1. The van der Waals surface area contributed by atoms with Gasteiger partial charge in [0.25, 0.3) is 0 Å². The highest BCUT2D eigenvalue weighted by Gasteiger charge is 2.46. The number of hydrogen-bond acceptors (Lipinski definition) is 7. The Morgan fingerprint density at radius 3 is 2.18 bits per heavy atom. The molecule has 1 amide bonds. The third kappa shape index (κ3) is 22.0. The van der Waals surface area contributed by atoms with E-state index in [0.717, 1.165) is 101 Å². The molecular weight excluding hydrogens is 718 g/mol. The molecule has 2 N–H and O–H groups in total. The van der Waals surface area contributed by atoms with Gasteiger partial charge in [-0.25, -0.2) is 4.58 Å². The van der Waals surface area contributed by atoms with Crippen molar-refractivity contribution in [3.63, 3.8) is 0 Å². The molecule has 2 unspecified atom stereocenters. The van der Waals surface area contributed by atoms with Crippen molar-refractivity contribution < 1.29 is 32.4 Å². The van der Waals surface area contributed by atoms with Gasteiger partial charge in [-0.15, -0.1) is 12.8 Å². The van der Waals surface area contributed by atoms with Crippen molar-refractivity contribution in [2.75, 3.05) is 40.8 Å². The van der Waals surface area contributed by atoms with E-state index in [4.69, 9.17) is 0 Å². The molecule has 0 aromatic rings. The first-order chi connectivity index (χ1) is 26.7. The minimum Gasteiger partial charge on any atom is -0.384 e. The maximum absolute atomic E-state index is 11.4. The van der Waals surface area contributed by atoms with Crippen molar-refractivity contribution in [2.24, 2.45) is 9.98 Å². The lowest BCUT2D eigenvalue weighted by Crippen LogP contribution is -2.49. The highest BCUT2D eigenvalue weighted by Crippen LogP contribution is 2.39. The SMILES string of the molecule is C#C.C/C=C(C)\C=C/C/C=C(\C)C=O.CC.CC(F)(F)F.CCNC.CN=C(/C=C\CC1=[N+](C)C=CCC=N1)C1(O)CCC(N2CCC3C2CCN3C=O)CC1. The van der Waals surface area contributed by atoms with Crippen molar-refractivity contribution in [1.82, 2.24) is 15.1 Å². The number of amidine groups is 1. The highest BCUT2D eigenvalue weighted by molar-refractivity contribution is 6.02. The van der Waals surface area contributed by atoms with Gasteiger partial charge in [-0.3, -0.25) is 19.5 Å². The number of nitrogens with one attached hydrogen (secondary N) is 1. The first-order valence-corrected chi connectivity index (χ1v) is 19.7. The maximum atomic E-state index is 11.4. The second-order valence-corrected chi connectivity index (χ2v) is 13.5. The number of carbonyl (C=O) groups excluding carboxylic acids is 2. The van der Waals surface area contributed by atoms with Gasteiger partial charge in [0.05, 0.1) is 25.4 Å². The molecule has 3 heterocycles. The average Bonchev–Trinajstić information content (AvgIpc) is 3.74. The molecule has 3 aliphatic heterocycles. The van der Waals surface area contributed by atoms with Gasteiger partial charge < -0.3 is 15.3 Å². The quantitative estimate of drug-likeness (QED) is 0.0551. The molecule has 2 atom stereocenters. The number of nitrogens with zero attached hydrogens (tertiary/aromatic N) is 5. The van der Waals surface area contributed by atoms with Crippen molar-refractivity contribution >= 4 is 30.5 Å². The number of aliphatic imine (C=N–C) groups is 2. The molecule has 0 aromatic heterocycles. The summed E-state index contributed by atoms with van der Waals surface area (Å²) in [6, 6.07) is 1.40. The lowest BCUT2D eigenvalue weighted by Gasteiger charge is -2.41. The number of hydrogen-bond donors (Lipinski definition) is 2. The van der Waals surface area contributed by atoms with Gasteiger partial charge in [-0.1, -0.05) is 61.7 Å². The summed E-state index contributed by atoms with van der Waals surface area (Å²) in [5.41, 5.74) is 1.95. The molecule has 3 fully saturated rings. The predicted octanol–water partition coefficient (Wildman–Crippen LogP) is 8.13. The van der Waals surface area contributed by atoms with E-state index in [-0.39, 0.29) is 6.92 Å². The summed E-state index contributed by atoms with van der Waals surface area (Å²) in [5.74, 6) is 0.987. The Morgan fingerprint density at radius 2 is 1.66 bits per heavy atom. The predicted molar refractivity (Wildman–Crippen MR) is 230 cm³/mol. The first-order valence-electron chi connectivity index (χ1n) is 19.7. The molecule has 56 heavy (non-hydrogen) atoms. The number of rotatable bonds is 11. The fourth-order valence-corrected chi connectivity index (χ4v) is 6.48. The topological polar surface area (TPSA) is 101 Å². The molecule has 12 heteroatoms. The number of aldehydes is 1. The van der Waals surface area contributed by atoms with Gasteiger partial charge in [0.2, 0.25) is 6.41 Å². The summed E-state index contributed by atoms with van der Waals surface area (Å²) in [5, 5.41) is 14.3. The number of allylic oxidation sites excluding steroid dienone is 7. The van der Waals surface area contributed by atoms with Crippen LogP contribution in [0.3, 0.4) is 0 Å². The Morgan fingerprint density at radius 1 is 1.07 bits per heavy atom. The van der Waals surface area contributed by atoms with Crippen LogP contribution >= 0.6 is 0 Å². The van der Waals surface area contributed by atoms with Crippen molar-refractivity contribution in [2.45, 2.75) is 136 Å². The molecule has 4 aliphatic rings. The van der Waals surface area contributed by atoms with E-state index in [2.05, 4.69) is 58.2 Å². The largest absolute Gasteiger partial charge is 0.386 e. The van der Waals surface area contributed by atoms with E-state index in [1.165, 1.54) is 5.57 Å². The lowest BCUT2D eigenvalue weighted by atomic mass is 9.78. The van der Waals surface area contributed by atoms with Crippen molar-refractivity contribution in [3.8, 4) is 12.8 Å². The summed E-state index contributed by atoms with van der Waals surface area (Å²) >= 11 is 0. The summed E-state index contributed by atoms with van der Waals surface area (Å²) in [7, 11) is 5.71. The molecule has 0 aromatic carbocycles. The third-order valence-electron chi connectivity index (χ3n) is 9.51. The molecular formula is C44H72F3N6O3+. The number of carbonyl (C=O) groups is 2. The monoisotopic (exact) mass is 790 g/mol. The molecule has 1 saturated carbocycles. The molecule has 2 saturated heterocycles. The Labute approximate surface area is 337 Å². The zero-order chi connectivity index (χ0) is 43.2. The van der Waals surface area contributed by atoms with Crippen LogP contribution in [-0.2, 0) is 9.59 Å². The van der Waals surface area contributed by atoms with Gasteiger partial charge in [-0.2, -0.15) is 13.2 Å². The van der Waals surface area contributed by atoms with Gasteiger partial charge in [0.1, 0.15) is 18.1 Å². The molecule has 4 rings (SSSR count). The number of terminal acetylenes is 1. The maximum Gasteiger partial charge on any atom is 0.386 e. The molecule has 0 spiro atoms. The lowest BCUT2D eigenvalue weighted by molar-refractivity contribution is -0.424. The van der Waals surface area contributed by atoms with Crippen LogP contribution < -0.4 is 5.32 Å². The third-order valence-corrected chi connectivity index (χ3v) is 9.51. The fraction of sp³-hybridized carbons (Fsp3) is 0.614. The van der Waals surface area contributed by atoms with Crippen molar-refractivity contribution in [3.05, 3.63) is 59.9 Å². The summed E-state index contributed by atoms with van der Waals surface area (Å²) in [4.78, 5) is 35.0. The standard InChI is InChI=1S/C24H36N5O2.C11H16O.C3H9N.C2H3F3.C2H6.C2H2/c1-25-22(6-5-7-23-26-14-3-4-15-27(23)2)24(31)12-8-19(9-13-24)29-17-11-20-21(29)10-16-28(20)18-30;1-4-10(2)7-5-6-8-11(3)9-12;1-3-4-2;1-2(3,4)5;2*1-2/h4-6,14-15,18-21,31H,3,7-13,16-17H2,1-2H3;4-5,7-9H,6H2,1-3H3;4H,3H2,1-2H3;1H3;1-2H3;1-2H/q+1;;;;;/b6-5-,25-22?;7-5-,10-4-,11-8+;;;;. The number of aliphatic hydroxyl groups is 1. The van der Waals surface area contributed by atoms with E-state index < -0.39 is 11.8 Å². The zero-order valence-corrected chi connectivity index (χ0v) is 35.9. The summed E-state index contributed by atoms with van der Waals surface area (Å²) in [6.07, 6.45) is 32.0. The smallest absolute Gasteiger partial charge is 0.384 e. The minimum atomic E-state index is -4.00. The van der Waals surface area contributed by atoms with E-state index in [0.29, 0.717) is 24.5 Å². The minimum absolute atomic E-state index is 0.188. The molecule has 316 valence electrons. The number of likely N-dealkylation sites (tertiary alicyclic amines) is 2. The van der Waals surface area contributed by atoms with Crippen LogP contribution in [-0.4, -0.2) is 121 Å². The number of halogens is 3. The van der Waals surface area contributed by atoms with Crippen LogP contribution in [0.1, 0.15) is 106 Å². The van der Waals surface area contributed by atoms with Gasteiger partial charge in [0.15, 0.2) is 0 Å². The Bertz CT molecular complexity index is 1380.